The maximum absolute atomic E-state index is 11.1. The molecule has 0 aliphatic heterocycles. The summed E-state index contributed by atoms with van der Waals surface area (Å²) in [6.45, 7) is 0. The lowest BCUT2D eigenvalue weighted by molar-refractivity contribution is 0.210. The van der Waals surface area contributed by atoms with E-state index in [1.807, 2.05) is 0 Å². The Hall–Kier alpha value is -0.450. The summed E-state index contributed by atoms with van der Waals surface area (Å²) in [6, 6.07) is 4.45. The van der Waals surface area contributed by atoms with Crippen molar-refractivity contribution in [2.45, 2.75) is 36.7 Å². The van der Waals surface area contributed by atoms with Crippen LogP contribution in [0.1, 0.15) is 25.7 Å². The van der Waals surface area contributed by atoms with Crippen LogP contribution in [0, 0.1) is 0 Å². The first kappa shape index (κ1) is 13.0. The van der Waals surface area contributed by atoms with E-state index in [0.29, 0.717) is 5.75 Å². The van der Waals surface area contributed by atoms with Crippen LogP contribution in [-0.4, -0.2) is 14.5 Å². The normalized spacial score (nSPS) is 17.3. The van der Waals surface area contributed by atoms with Crippen molar-refractivity contribution >= 4 is 31.3 Å². The van der Waals surface area contributed by atoms with Gasteiger partial charge in [-0.2, -0.15) is 0 Å². The first-order valence-corrected chi connectivity index (χ1v) is 8.06. The molecule has 0 spiro atoms. The van der Waals surface area contributed by atoms with Crippen molar-refractivity contribution in [3.8, 4) is 5.75 Å². The molecule has 1 fully saturated rings. The summed E-state index contributed by atoms with van der Waals surface area (Å²) in [5.74, 6) is 0.589. The van der Waals surface area contributed by atoms with Crippen LogP contribution in [-0.2, 0) is 9.05 Å². The molecule has 0 radical (unpaired) electrons. The molecule has 94 valence electrons. The van der Waals surface area contributed by atoms with Crippen LogP contribution in [0.5, 0.6) is 5.75 Å². The molecule has 1 aromatic rings. The highest BCUT2D eigenvalue weighted by atomic mass is 35.7. The van der Waals surface area contributed by atoms with Gasteiger partial charge in [0.2, 0.25) is 0 Å². The Labute approximate surface area is 110 Å². The van der Waals surface area contributed by atoms with Crippen molar-refractivity contribution in [2.75, 3.05) is 0 Å². The molecule has 0 unspecified atom stereocenters. The van der Waals surface area contributed by atoms with Crippen LogP contribution >= 0.6 is 22.3 Å². The maximum atomic E-state index is 11.1. The van der Waals surface area contributed by atoms with E-state index in [1.165, 1.54) is 25.0 Å². The lowest BCUT2D eigenvalue weighted by Crippen LogP contribution is -2.10. The third kappa shape index (κ3) is 3.27. The van der Waals surface area contributed by atoms with Crippen molar-refractivity contribution in [3.05, 3.63) is 23.2 Å². The molecule has 0 saturated heterocycles. The van der Waals surface area contributed by atoms with Gasteiger partial charge in [-0.25, -0.2) is 8.42 Å². The van der Waals surface area contributed by atoms with Gasteiger partial charge in [0.05, 0.1) is 11.1 Å². The number of hydrogen-bond acceptors (Lipinski definition) is 3. The SMILES string of the molecule is O=S(=O)(Cl)c1ccc(OC2CCCC2)cc1Cl. The Kier molecular flexibility index (Phi) is 3.85. The summed E-state index contributed by atoms with van der Waals surface area (Å²) in [4.78, 5) is -0.0837. The van der Waals surface area contributed by atoms with Gasteiger partial charge in [-0.15, -0.1) is 0 Å². The fourth-order valence-corrected chi connectivity index (χ4v) is 3.47. The monoisotopic (exact) mass is 294 g/mol. The molecule has 6 heteroatoms. The fourth-order valence-electron chi connectivity index (χ4n) is 1.95. The summed E-state index contributed by atoms with van der Waals surface area (Å²) in [6.07, 6.45) is 4.63. The third-order valence-electron chi connectivity index (χ3n) is 2.77. The zero-order chi connectivity index (χ0) is 12.5. The van der Waals surface area contributed by atoms with E-state index in [-0.39, 0.29) is 16.0 Å². The molecule has 0 N–H and O–H groups in total. The van der Waals surface area contributed by atoms with Gasteiger partial charge in [0.1, 0.15) is 10.6 Å². The largest absolute Gasteiger partial charge is 0.490 e. The molecular formula is C11H12Cl2O3S. The molecule has 0 heterocycles. The smallest absolute Gasteiger partial charge is 0.262 e. The molecule has 0 aromatic heterocycles. The zero-order valence-electron chi connectivity index (χ0n) is 9.03. The Balaban J connectivity index is 2.19. The second kappa shape index (κ2) is 5.04. The van der Waals surface area contributed by atoms with Gasteiger partial charge >= 0.3 is 0 Å². The minimum Gasteiger partial charge on any atom is -0.490 e. The summed E-state index contributed by atoms with van der Waals surface area (Å²) >= 11 is 5.86. The van der Waals surface area contributed by atoms with Crippen LogP contribution in [0.4, 0.5) is 0 Å². The fraction of sp³-hybridized carbons (Fsp3) is 0.455. The van der Waals surface area contributed by atoms with Gasteiger partial charge in [-0.05, 0) is 37.8 Å². The molecule has 1 saturated carbocycles. The van der Waals surface area contributed by atoms with Crippen LogP contribution in [0.3, 0.4) is 0 Å². The first-order chi connectivity index (χ1) is 7.97. The van der Waals surface area contributed by atoms with Crippen molar-refractivity contribution in [3.63, 3.8) is 0 Å². The lowest BCUT2D eigenvalue weighted by Gasteiger charge is -2.13. The first-order valence-electron chi connectivity index (χ1n) is 5.38. The van der Waals surface area contributed by atoms with E-state index in [9.17, 15) is 8.42 Å². The van der Waals surface area contributed by atoms with E-state index in [4.69, 9.17) is 27.0 Å². The number of halogens is 2. The van der Waals surface area contributed by atoms with Crippen LogP contribution < -0.4 is 4.74 Å². The van der Waals surface area contributed by atoms with Crippen molar-refractivity contribution < 1.29 is 13.2 Å². The van der Waals surface area contributed by atoms with Gasteiger partial charge in [0.15, 0.2) is 0 Å². The molecule has 0 bridgehead atoms. The minimum atomic E-state index is -3.79. The van der Waals surface area contributed by atoms with Crippen molar-refractivity contribution in [1.29, 1.82) is 0 Å². The topological polar surface area (TPSA) is 43.4 Å². The highest BCUT2D eigenvalue weighted by Gasteiger charge is 2.19. The number of hydrogen-bond donors (Lipinski definition) is 0. The Bertz CT molecular complexity index is 507. The maximum Gasteiger partial charge on any atom is 0.262 e. The van der Waals surface area contributed by atoms with Crippen molar-refractivity contribution in [1.82, 2.24) is 0 Å². The second-order valence-corrected chi connectivity index (χ2v) is 7.00. The number of benzene rings is 1. The summed E-state index contributed by atoms with van der Waals surface area (Å²) in [7, 11) is 1.44. The molecule has 1 aliphatic carbocycles. The van der Waals surface area contributed by atoms with E-state index >= 15 is 0 Å². The van der Waals surface area contributed by atoms with Gasteiger partial charge in [0, 0.05) is 16.7 Å². The zero-order valence-corrected chi connectivity index (χ0v) is 11.4. The molecular weight excluding hydrogens is 283 g/mol. The molecule has 3 nitrogen and oxygen atoms in total. The Morgan fingerprint density at radius 3 is 2.41 bits per heavy atom. The van der Waals surface area contributed by atoms with E-state index in [2.05, 4.69) is 0 Å². The van der Waals surface area contributed by atoms with Gasteiger partial charge in [-0.1, -0.05) is 11.6 Å². The highest BCUT2D eigenvalue weighted by Crippen LogP contribution is 2.30. The quantitative estimate of drug-likeness (QED) is 0.800. The molecule has 0 atom stereocenters. The molecule has 1 aliphatic rings. The van der Waals surface area contributed by atoms with E-state index < -0.39 is 9.05 Å². The highest BCUT2D eigenvalue weighted by molar-refractivity contribution is 8.13. The predicted molar refractivity (Wildman–Crippen MR) is 67.4 cm³/mol. The minimum absolute atomic E-state index is 0.0837. The molecule has 17 heavy (non-hydrogen) atoms. The second-order valence-electron chi connectivity index (χ2n) is 4.05. The van der Waals surface area contributed by atoms with Gasteiger partial charge in [0.25, 0.3) is 9.05 Å². The van der Waals surface area contributed by atoms with E-state index in [0.717, 1.165) is 12.8 Å². The standard InChI is InChI=1S/C11H12Cl2O3S/c12-10-7-9(16-8-3-1-2-4-8)5-6-11(10)17(13,14)15/h5-8H,1-4H2. The average Bonchev–Trinajstić information content (AvgIpc) is 2.68. The molecule has 1 aromatic carbocycles. The van der Waals surface area contributed by atoms with Gasteiger partial charge in [-0.3, -0.25) is 0 Å². The molecule has 0 amide bonds. The Morgan fingerprint density at radius 1 is 1.24 bits per heavy atom. The lowest BCUT2D eigenvalue weighted by atomic mass is 10.3. The molecule has 2 rings (SSSR count). The van der Waals surface area contributed by atoms with Crippen LogP contribution in [0.2, 0.25) is 5.02 Å². The Morgan fingerprint density at radius 2 is 1.88 bits per heavy atom. The number of ether oxygens (including phenoxy) is 1. The number of rotatable bonds is 3. The van der Waals surface area contributed by atoms with Gasteiger partial charge < -0.3 is 4.74 Å². The predicted octanol–water partition coefficient (Wildman–Crippen LogP) is 3.59. The third-order valence-corrected chi connectivity index (χ3v) is 4.58. The summed E-state index contributed by atoms with van der Waals surface area (Å²) in [5, 5.41) is 0.0931. The average molecular weight is 295 g/mol. The van der Waals surface area contributed by atoms with E-state index in [1.54, 1.807) is 6.07 Å². The van der Waals surface area contributed by atoms with Crippen LogP contribution in [0.25, 0.3) is 0 Å². The summed E-state index contributed by atoms with van der Waals surface area (Å²) in [5.41, 5.74) is 0. The van der Waals surface area contributed by atoms with Crippen LogP contribution in [0.15, 0.2) is 23.1 Å². The summed E-state index contributed by atoms with van der Waals surface area (Å²) < 4.78 is 28.0. The van der Waals surface area contributed by atoms with Crippen molar-refractivity contribution in [2.24, 2.45) is 0 Å².